The van der Waals surface area contributed by atoms with Crippen molar-refractivity contribution in [3.63, 3.8) is 0 Å². The molecule has 9 heteroatoms. The number of carbonyl (C=O) groups is 2. The van der Waals surface area contributed by atoms with Crippen LogP contribution < -0.4 is 0 Å². The molecule has 1 saturated carbocycles. The van der Waals surface area contributed by atoms with Crippen molar-refractivity contribution in [2.24, 2.45) is 0 Å². The number of hydrogen-bond donors (Lipinski definition) is 0. The summed E-state index contributed by atoms with van der Waals surface area (Å²) in [5.41, 5.74) is -1.22. The summed E-state index contributed by atoms with van der Waals surface area (Å²) >= 11 is 0. The van der Waals surface area contributed by atoms with Crippen molar-refractivity contribution in [2.45, 2.75) is 31.5 Å². The van der Waals surface area contributed by atoms with E-state index in [4.69, 9.17) is 0 Å². The van der Waals surface area contributed by atoms with Gasteiger partial charge in [-0.1, -0.05) is 18.6 Å². The van der Waals surface area contributed by atoms with E-state index in [9.17, 15) is 22.8 Å². The first-order valence-corrected chi connectivity index (χ1v) is 11.0. The quantitative estimate of drug-likeness (QED) is 0.723. The summed E-state index contributed by atoms with van der Waals surface area (Å²) in [5.74, 6) is -0.513. The minimum atomic E-state index is -4.57. The van der Waals surface area contributed by atoms with Gasteiger partial charge < -0.3 is 9.80 Å². The third kappa shape index (κ3) is 5.03. The molecular formula is C22H29F3N4O2. The predicted octanol–water partition coefficient (Wildman–Crippen LogP) is 2.16. The number of nitrogens with zero attached hydrogens (tertiary/aromatic N) is 4. The average molecular weight is 438 g/mol. The van der Waals surface area contributed by atoms with Crippen LogP contribution in [0.4, 0.5) is 13.2 Å². The fourth-order valence-corrected chi connectivity index (χ4v) is 4.58. The van der Waals surface area contributed by atoms with E-state index in [0.717, 1.165) is 32.2 Å². The SMILES string of the molecule is O=C(CN1CCN(C(=O)c2ccccc2C(F)(F)F)CC1)N1CCN(C2CCC2)CC1. The lowest BCUT2D eigenvalue weighted by molar-refractivity contribution is -0.138. The second-order valence-electron chi connectivity index (χ2n) is 8.61. The van der Waals surface area contributed by atoms with Crippen molar-refractivity contribution in [1.82, 2.24) is 19.6 Å². The molecule has 0 spiro atoms. The Balaban J connectivity index is 1.25. The molecule has 3 fully saturated rings. The third-order valence-corrected chi connectivity index (χ3v) is 6.74. The maximum Gasteiger partial charge on any atom is 0.417 e. The number of piperazine rings is 2. The van der Waals surface area contributed by atoms with E-state index in [1.807, 2.05) is 9.80 Å². The van der Waals surface area contributed by atoms with E-state index >= 15 is 0 Å². The molecule has 0 atom stereocenters. The van der Waals surface area contributed by atoms with Gasteiger partial charge in [0.15, 0.2) is 0 Å². The maximum atomic E-state index is 13.2. The Hall–Kier alpha value is -2.13. The van der Waals surface area contributed by atoms with Crippen LogP contribution in [0.2, 0.25) is 0 Å². The van der Waals surface area contributed by atoms with E-state index < -0.39 is 17.6 Å². The molecule has 0 unspecified atom stereocenters. The minimum absolute atomic E-state index is 0.0930. The summed E-state index contributed by atoms with van der Waals surface area (Å²) < 4.78 is 39.7. The summed E-state index contributed by atoms with van der Waals surface area (Å²) in [4.78, 5) is 33.2. The number of benzene rings is 1. The van der Waals surface area contributed by atoms with Crippen molar-refractivity contribution in [3.8, 4) is 0 Å². The molecule has 2 saturated heterocycles. The standard InChI is InChI=1S/C22H29F3N4O2/c23-22(24,25)19-7-2-1-6-18(19)21(31)29-10-8-26(9-11-29)16-20(30)28-14-12-27(13-15-28)17-4-3-5-17/h1-2,6-7,17H,3-5,8-16H2. The summed E-state index contributed by atoms with van der Waals surface area (Å²) in [5, 5.41) is 0. The Labute approximate surface area is 180 Å². The molecule has 2 heterocycles. The summed E-state index contributed by atoms with van der Waals surface area (Å²) in [6, 6.07) is 5.60. The smallest absolute Gasteiger partial charge is 0.339 e. The van der Waals surface area contributed by atoms with Gasteiger partial charge in [0.1, 0.15) is 0 Å². The first kappa shape index (κ1) is 22.1. The van der Waals surface area contributed by atoms with E-state index in [1.54, 1.807) is 0 Å². The molecule has 0 bridgehead atoms. The molecule has 2 amide bonds. The van der Waals surface area contributed by atoms with Gasteiger partial charge in [0.2, 0.25) is 5.91 Å². The minimum Gasteiger partial charge on any atom is -0.339 e. The van der Waals surface area contributed by atoms with Gasteiger partial charge in [0.25, 0.3) is 5.91 Å². The monoisotopic (exact) mass is 438 g/mol. The van der Waals surface area contributed by atoms with Crippen molar-refractivity contribution >= 4 is 11.8 Å². The highest BCUT2D eigenvalue weighted by Gasteiger charge is 2.36. The third-order valence-electron chi connectivity index (χ3n) is 6.74. The summed E-state index contributed by atoms with van der Waals surface area (Å²) in [6.45, 7) is 5.24. The van der Waals surface area contributed by atoms with E-state index in [0.29, 0.717) is 38.8 Å². The highest BCUT2D eigenvalue weighted by Crippen LogP contribution is 2.32. The van der Waals surface area contributed by atoms with Crippen LogP contribution >= 0.6 is 0 Å². The number of amides is 2. The lowest BCUT2D eigenvalue weighted by Crippen LogP contribution is -2.56. The molecule has 31 heavy (non-hydrogen) atoms. The van der Waals surface area contributed by atoms with Crippen molar-refractivity contribution in [1.29, 1.82) is 0 Å². The number of rotatable bonds is 4. The topological polar surface area (TPSA) is 47.1 Å². The van der Waals surface area contributed by atoms with Crippen molar-refractivity contribution < 1.29 is 22.8 Å². The highest BCUT2D eigenvalue weighted by molar-refractivity contribution is 5.96. The molecule has 1 aromatic carbocycles. The molecule has 1 aliphatic carbocycles. The van der Waals surface area contributed by atoms with Crippen LogP contribution in [-0.4, -0.2) is 96.4 Å². The lowest BCUT2D eigenvalue weighted by atomic mass is 9.91. The van der Waals surface area contributed by atoms with Crippen LogP contribution in [0, 0.1) is 0 Å². The van der Waals surface area contributed by atoms with Crippen LogP contribution in [0.1, 0.15) is 35.2 Å². The van der Waals surface area contributed by atoms with Gasteiger partial charge in [-0.25, -0.2) is 0 Å². The zero-order valence-corrected chi connectivity index (χ0v) is 17.6. The molecule has 3 aliphatic rings. The Morgan fingerprint density at radius 1 is 0.871 bits per heavy atom. The second kappa shape index (κ2) is 9.16. The molecule has 6 nitrogen and oxygen atoms in total. The summed E-state index contributed by atoms with van der Waals surface area (Å²) in [7, 11) is 0. The van der Waals surface area contributed by atoms with Crippen LogP contribution in [0.3, 0.4) is 0 Å². The first-order chi connectivity index (χ1) is 14.8. The largest absolute Gasteiger partial charge is 0.417 e. The fourth-order valence-electron chi connectivity index (χ4n) is 4.58. The fraction of sp³-hybridized carbons (Fsp3) is 0.636. The number of carbonyl (C=O) groups excluding carboxylic acids is 2. The highest BCUT2D eigenvalue weighted by atomic mass is 19.4. The zero-order valence-electron chi connectivity index (χ0n) is 17.6. The Morgan fingerprint density at radius 3 is 2.06 bits per heavy atom. The van der Waals surface area contributed by atoms with Gasteiger partial charge in [-0.05, 0) is 25.0 Å². The van der Waals surface area contributed by atoms with E-state index in [-0.39, 0.29) is 11.5 Å². The van der Waals surface area contributed by atoms with Crippen LogP contribution in [0.25, 0.3) is 0 Å². The first-order valence-electron chi connectivity index (χ1n) is 11.0. The van der Waals surface area contributed by atoms with E-state index in [2.05, 4.69) is 4.90 Å². The lowest BCUT2D eigenvalue weighted by Gasteiger charge is -2.43. The van der Waals surface area contributed by atoms with Crippen molar-refractivity contribution in [2.75, 3.05) is 58.9 Å². The molecular weight excluding hydrogens is 409 g/mol. The van der Waals surface area contributed by atoms with Crippen molar-refractivity contribution in [3.05, 3.63) is 35.4 Å². The molecule has 0 aromatic heterocycles. The molecule has 1 aromatic rings. The predicted molar refractivity (Wildman–Crippen MR) is 110 cm³/mol. The molecule has 0 N–H and O–H groups in total. The van der Waals surface area contributed by atoms with Gasteiger partial charge in [-0.2, -0.15) is 13.2 Å². The average Bonchev–Trinajstić information content (AvgIpc) is 2.72. The van der Waals surface area contributed by atoms with Gasteiger partial charge in [0.05, 0.1) is 17.7 Å². The molecule has 170 valence electrons. The van der Waals surface area contributed by atoms with E-state index in [1.165, 1.54) is 42.4 Å². The zero-order chi connectivity index (χ0) is 22.0. The summed E-state index contributed by atoms with van der Waals surface area (Å²) in [6.07, 6.45) is -0.724. The Kier molecular flexibility index (Phi) is 6.52. The molecule has 4 rings (SSSR count). The molecule has 0 radical (unpaired) electrons. The normalized spacial score (nSPS) is 21.8. The van der Waals surface area contributed by atoms with Crippen LogP contribution in [0.5, 0.6) is 0 Å². The van der Waals surface area contributed by atoms with Crippen LogP contribution in [-0.2, 0) is 11.0 Å². The molecule has 2 aliphatic heterocycles. The Morgan fingerprint density at radius 2 is 1.48 bits per heavy atom. The number of hydrogen-bond acceptors (Lipinski definition) is 4. The van der Waals surface area contributed by atoms with Gasteiger partial charge >= 0.3 is 6.18 Å². The maximum absolute atomic E-state index is 13.2. The number of halogens is 3. The second-order valence-corrected chi connectivity index (χ2v) is 8.61. The van der Waals surface area contributed by atoms with Gasteiger partial charge in [-0.3, -0.25) is 19.4 Å². The Bertz CT molecular complexity index is 796. The number of alkyl halides is 3. The van der Waals surface area contributed by atoms with Gasteiger partial charge in [-0.15, -0.1) is 0 Å². The van der Waals surface area contributed by atoms with Gasteiger partial charge in [0, 0.05) is 58.4 Å². The van der Waals surface area contributed by atoms with Crippen LogP contribution in [0.15, 0.2) is 24.3 Å².